The van der Waals surface area contributed by atoms with Crippen molar-refractivity contribution < 1.29 is 9.53 Å². The summed E-state index contributed by atoms with van der Waals surface area (Å²) in [6, 6.07) is 0.743. The monoisotopic (exact) mass is 272 g/mol. The molecule has 3 atom stereocenters. The van der Waals surface area contributed by atoms with Gasteiger partial charge in [0.1, 0.15) is 5.60 Å². The van der Waals surface area contributed by atoms with Gasteiger partial charge in [0.25, 0.3) is 0 Å². The maximum Gasteiger partial charge on any atom is 0.407 e. The van der Waals surface area contributed by atoms with E-state index in [4.69, 9.17) is 4.74 Å². The van der Waals surface area contributed by atoms with Crippen LogP contribution in [0.3, 0.4) is 0 Å². The highest BCUT2D eigenvalue weighted by molar-refractivity contribution is 5.67. The third-order valence-electron chi connectivity index (χ3n) is 3.38. The molecule has 0 aliphatic rings. The summed E-state index contributed by atoms with van der Waals surface area (Å²) in [6.07, 6.45) is 1.80. The zero-order chi connectivity index (χ0) is 15.1. The number of carbonyl (C=O) groups is 1. The molecule has 0 spiro atoms. The van der Waals surface area contributed by atoms with Gasteiger partial charge in [-0.2, -0.15) is 0 Å². The molecular weight excluding hydrogens is 240 g/mol. The van der Waals surface area contributed by atoms with Crippen molar-refractivity contribution in [2.24, 2.45) is 5.92 Å². The van der Waals surface area contributed by atoms with E-state index < -0.39 is 5.60 Å². The maximum absolute atomic E-state index is 11.6. The zero-order valence-corrected chi connectivity index (χ0v) is 13.7. The topological polar surface area (TPSA) is 50.4 Å². The largest absolute Gasteiger partial charge is 0.444 e. The molecule has 0 aromatic carbocycles. The third-order valence-corrected chi connectivity index (χ3v) is 3.38. The van der Waals surface area contributed by atoms with Gasteiger partial charge in [-0.1, -0.05) is 27.2 Å². The minimum atomic E-state index is -0.441. The van der Waals surface area contributed by atoms with E-state index >= 15 is 0 Å². The van der Waals surface area contributed by atoms with Gasteiger partial charge >= 0.3 is 6.09 Å². The molecular formula is C15H32N2O2. The third kappa shape index (κ3) is 8.87. The molecule has 19 heavy (non-hydrogen) atoms. The summed E-state index contributed by atoms with van der Waals surface area (Å²) in [7, 11) is 0. The average Bonchev–Trinajstić information content (AvgIpc) is 2.30. The van der Waals surface area contributed by atoms with Crippen molar-refractivity contribution in [1.29, 1.82) is 0 Å². The van der Waals surface area contributed by atoms with Gasteiger partial charge in [-0.3, -0.25) is 0 Å². The second-order valence-corrected chi connectivity index (χ2v) is 6.33. The average molecular weight is 272 g/mol. The minimum Gasteiger partial charge on any atom is -0.444 e. The van der Waals surface area contributed by atoms with E-state index in [1.807, 2.05) is 20.8 Å². The Bertz CT molecular complexity index is 261. The Hall–Kier alpha value is -0.770. The number of alkyl carbamates (subject to hydrolysis) is 1. The van der Waals surface area contributed by atoms with Gasteiger partial charge in [0, 0.05) is 18.6 Å². The molecule has 0 aliphatic heterocycles. The number of hydrogen-bond acceptors (Lipinski definition) is 3. The summed E-state index contributed by atoms with van der Waals surface area (Å²) in [6.45, 7) is 15.0. The van der Waals surface area contributed by atoms with Crippen LogP contribution in [0.15, 0.2) is 0 Å². The molecule has 1 amide bonds. The fourth-order valence-electron chi connectivity index (χ4n) is 1.73. The SMILES string of the molecule is CCC(CNC(=O)OC(C)(C)C)NC(C)C(C)CC. The summed E-state index contributed by atoms with van der Waals surface area (Å²) in [5.74, 6) is 0.635. The number of amides is 1. The normalized spacial score (nSPS) is 16.6. The summed E-state index contributed by atoms with van der Waals surface area (Å²) in [4.78, 5) is 11.6. The van der Waals surface area contributed by atoms with Crippen molar-refractivity contribution in [3.63, 3.8) is 0 Å². The highest BCUT2D eigenvalue weighted by Gasteiger charge is 2.18. The van der Waals surface area contributed by atoms with Crippen LogP contribution < -0.4 is 10.6 Å². The smallest absolute Gasteiger partial charge is 0.407 e. The van der Waals surface area contributed by atoms with Crippen LogP contribution in [0.1, 0.15) is 61.3 Å². The molecule has 2 N–H and O–H groups in total. The Balaban J connectivity index is 4.10. The van der Waals surface area contributed by atoms with E-state index in [-0.39, 0.29) is 12.1 Å². The van der Waals surface area contributed by atoms with Crippen LogP contribution in [-0.4, -0.2) is 30.3 Å². The summed E-state index contributed by atoms with van der Waals surface area (Å²) < 4.78 is 5.23. The molecule has 0 aliphatic carbocycles. The minimum absolute atomic E-state index is 0.288. The van der Waals surface area contributed by atoms with E-state index in [9.17, 15) is 4.79 Å². The van der Waals surface area contributed by atoms with Gasteiger partial charge < -0.3 is 15.4 Å². The van der Waals surface area contributed by atoms with E-state index in [0.29, 0.717) is 18.5 Å². The lowest BCUT2D eigenvalue weighted by Gasteiger charge is -2.27. The van der Waals surface area contributed by atoms with Crippen molar-refractivity contribution in [2.75, 3.05) is 6.54 Å². The van der Waals surface area contributed by atoms with Crippen molar-refractivity contribution in [3.8, 4) is 0 Å². The van der Waals surface area contributed by atoms with Crippen molar-refractivity contribution in [2.45, 2.75) is 79.0 Å². The number of carbonyl (C=O) groups excluding carboxylic acids is 1. The second-order valence-electron chi connectivity index (χ2n) is 6.33. The van der Waals surface area contributed by atoms with Crippen LogP contribution in [0.5, 0.6) is 0 Å². The molecule has 0 rings (SSSR count). The van der Waals surface area contributed by atoms with E-state index in [0.717, 1.165) is 12.8 Å². The van der Waals surface area contributed by atoms with E-state index in [2.05, 4.69) is 38.3 Å². The molecule has 4 nitrogen and oxygen atoms in total. The molecule has 0 heterocycles. The highest BCUT2D eigenvalue weighted by atomic mass is 16.6. The van der Waals surface area contributed by atoms with Gasteiger partial charge in [-0.15, -0.1) is 0 Å². The zero-order valence-electron chi connectivity index (χ0n) is 13.7. The van der Waals surface area contributed by atoms with Crippen LogP contribution in [0.4, 0.5) is 4.79 Å². The number of hydrogen-bond donors (Lipinski definition) is 2. The lowest BCUT2D eigenvalue weighted by atomic mass is 9.99. The van der Waals surface area contributed by atoms with Gasteiger partial charge in [0.05, 0.1) is 0 Å². The Labute approximate surface area is 118 Å². The van der Waals surface area contributed by atoms with Crippen molar-refractivity contribution >= 4 is 6.09 Å². The van der Waals surface area contributed by atoms with Crippen LogP contribution in [0, 0.1) is 5.92 Å². The Morgan fingerprint density at radius 2 is 1.74 bits per heavy atom. The predicted octanol–water partition coefficient (Wildman–Crippen LogP) is 3.31. The van der Waals surface area contributed by atoms with Crippen LogP contribution in [0.25, 0.3) is 0 Å². The first kappa shape index (κ1) is 18.2. The predicted molar refractivity (Wildman–Crippen MR) is 80.4 cm³/mol. The molecule has 114 valence electrons. The number of ether oxygens (including phenoxy) is 1. The molecule has 0 bridgehead atoms. The fraction of sp³-hybridized carbons (Fsp3) is 0.933. The van der Waals surface area contributed by atoms with Crippen LogP contribution in [0.2, 0.25) is 0 Å². The molecule has 0 saturated carbocycles. The number of nitrogens with one attached hydrogen (secondary N) is 2. The summed E-state index contributed by atoms with van der Waals surface area (Å²) >= 11 is 0. The molecule has 0 fully saturated rings. The first-order valence-electron chi connectivity index (χ1n) is 7.42. The first-order valence-corrected chi connectivity index (χ1v) is 7.42. The maximum atomic E-state index is 11.6. The standard InChI is InChI=1S/C15H32N2O2/c1-8-11(3)12(4)17-13(9-2)10-16-14(18)19-15(5,6)7/h11-13,17H,8-10H2,1-7H3,(H,16,18). The van der Waals surface area contributed by atoms with Gasteiger partial charge in [-0.25, -0.2) is 4.79 Å². The molecule has 0 aromatic rings. The van der Waals surface area contributed by atoms with Crippen molar-refractivity contribution in [1.82, 2.24) is 10.6 Å². The molecule has 4 heteroatoms. The summed E-state index contributed by atoms with van der Waals surface area (Å²) in [5, 5.41) is 6.39. The second kappa shape index (κ2) is 8.41. The van der Waals surface area contributed by atoms with Crippen LogP contribution in [-0.2, 0) is 4.74 Å². The van der Waals surface area contributed by atoms with E-state index in [1.165, 1.54) is 0 Å². The summed E-state index contributed by atoms with van der Waals surface area (Å²) in [5.41, 5.74) is -0.441. The molecule has 0 aromatic heterocycles. The Kier molecular flexibility index (Phi) is 8.07. The van der Waals surface area contributed by atoms with Gasteiger partial charge in [0.15, 0.2) is 0 Å². The van der Waals surface area contributed by atoms with E-state index in [1.54, 1.807) is 0 Å². The van der Waals surface area contributed by atoms with Gasteiger partial charge in [0.2, 0.25) is 0 Å². The quantitative estimate of drug-likeness (QED) is 0.747. The Morgan fingerprint density at radius 1 is 1.16 bits per heavy atom. The molecule has 0 saturated heterocycles. The lowest BCUT2D eigenvalue weighted by molar-refractivity contribution is 0.0521. The van der Waals surface area contributed by atoms with Crippen LogP contribution >= 0.6 is 0 Å². The Morgan fingerprint density at radius 3 is 2.16 bits per heavy atom. The van der Waals surface area contributed by atoms with Crippen molar-refractivity contribution in [3.05, 3.63) is 0 Å². The molecule has 3 unspecified atom stereocenters. The lowest BCUT2D eigenvalue weighted by Crippen LogP contribution is -2.47. The number of rotatable bonds is 7. The first-order chi connectivity index (χ1) is 8.69. The highest BCUT2D eigenvalue weighted by Crippen LogP contribution is 2.09. The molecule has 0 radical (unpaired) electrons. The fourth-order valence-corrected chi connectivity index (χ4v) is 1.73. The van der Waals surface area contributed by atoms with Gasteiger partial charge in [-0.05, 0) is 40.0 Å².